The highest BCUT2D eigenvalue weighted by Gasteiger charge is 2.16. The normalized spacial score (nSPS) is 17.1. The molecule has 1 aromatic heterocycles. The summed E-state index contributed by atoms with van der Waals surface area (Å²) >= 11 is 1.65. The van der Waals surface area contributed by atoms with E-state index in [4.69, 9.17) is 4.74 Å². The minimum atomic E-state index is 0.111. The SMILES string of the molecule is Cc1ccc(-c2nc(CCNC(=O)CC[C@@H]3CCCO3)cs2)cc1. The van der Waals surface area contributed by atoms with Crippen LogP contribution in [0.15, 0.2) is 29.6 Å². The van der Waals surface area contributed by atoms with Crippen LogP contribution < -0.4 is 5.32 Å². The van der Waals surface area contributed by atoms with Crippen LogP contribution in [-0.2, 0) is 16.0 Å². The quantitative estimate of drug-likeness (QED) is 0.832. The van der Waals surface area contributed by atoms with Crippen LogP contribution in [0.3, 0.4) is 0 Å². The molecule has 1 fully saturated rings. The number of amides is 1. The number of thiazole rings is 1. The fourth-order valence-corrected chi connectivity index (χ4v) is 3.69. The molecule has 2 heterocycles. The molecule has 1 aromatic carbocycles. The molecule has 1 saturated heterocycles. The number of carbonyl (C=O) groups excluding carboxylic acids is 1. The summed E-state index contributed by atoms with van der Waals surface area (Å²) in [5.74, 6) is 0.111. The Kier molecular flexibility index (Phi) is 5.99. The number of ether oxygens (including phenoxy) is 1. The summed E-state index contributed by atoms with van der Waals surface area (Å²) in [4.78, 5) is 16.5. The molecule has 1 amide bonds. The van der Waals surface area contributed by atoms with Crippen molar-refractivity contribution < 1.29 is 9.53 Å². The molecule has 5 heteroatoms. The molecule has 4 nitrogen and oxygen atoms in total. The first-order valence-corrected chi connectivity index (χ1v) is 9.48. The zero-order valence-corrected chi connectivity index (χ0v) is 14.9. The lowest BCUT2D eigenvalue weighted by Gasteiger charge is -2.08. The van der Waals surface area contributed by atoms with E-state index in [1.54, 1.807) is 11.3 Å². The van der Waals surface area contributed by atoms with E-state index in [1.807, 2.05) is 0 Å². The van der Waals surface area contributed by atoms with Crippen molar-refractivity contribution in [1.29, 1.82) is 0 Å². The highest BCUT2D eigenvalue weighted by atomic mass is 32.1. The third-order valence-electron chi connectivity index (χ3n) is 4.27. The van der Waals surface area contributed by atoms with Crippen LogP contribution in [0.4, 0.5) is 0 Å². The third kappa shape index (κ3) is 4.89. The second kappa shape index (κ2) is 8.40. The van der Waals surface area contributed by atoms with Gasteiger partial charge in [-0.1, -0.05) is 29.8 Å². The minimum Gasteiger partial charge on any atom is -0.378 e. The fraction of sp³-hybridized carbons (Fsp3) is 0.474. The van der Waals surface area contributed by atoms with Gasteiger partial charge >= 0.3 is 0 Å². The van der Waals surface area contributed by atoms with Gasteiger partial charge in [0.25, 0.3) is 0 Å². The first-order valence-electron chi connectivity index (χ1n) is 8.60. The maximum absolute atomic E-state index is 11.9. The van der Waals surface area contributed by atoms with E-state index < -0.39 is 0 Å². The number of nitrogens with one attached hydrogen (secondary N) is 1. The van der Waals surface area contributed by atoms with Crippen molar-refractivity contribution >= 4 is 17.2 Å². The molecule has 24 heavy (non-hydrogen) atoms. The van der Waals surface area contributed by atoms with Gasteiger partial charge in [0, 0.05) is 36.9 Å². The van der Waals surface area contributed by atoms with Crippen molar-refractivity contribution in [3.8, 4) is 10.6 Å². The van der Waals surface area contributed by atoms with Gasteiger partial charge in [0.05, 0.1) is 11.8 Å². The lowest BCUT2D eigenvalue weighted by Crippen LogP contribution is -2.26. The van der Waals surface area contributed by atoms with E-state index in [0.29, 0.717) is 13.0 Å². The Balaban J connectivity index is 1.40. The van der Waals surface area contributed by atoms with E-state index in [0.717, 1.165) is 48.6 Å². The summed E-state index contributed by atoms with van der Waals surface area (Å²) in [5.41, 5.74) is 3.44. The number of hydrogen-bond acceptors (Lipinski definition) is 4. The average molecular weight is 344 g/mol. The first-order chi connectivity index (χ1) is 11.7. The number of nitrogens with zero attached hydrogens (tertiary/aromatic N) is 1. The number of hydrogen-bond donors (Lipinski definition) is 1. The number of aromatic nitrogens is 1. The standard InChI is InChI=1S/C19H24N2O2S/c1-14-4-6-15(7-5-14)19-21-16(13-24-19)10-11-20-18(22)9-8-17-3-2-12-23-17/h4-7,13,17H,2-3,8-12H2,1H3,(H,20,22)/t17-/m0/s1. The van der Waals surface area contributed by atoms with Gasteiger partial charge < -0.3 is 10.1 Å². The molecule has 2 aromatic rings. The maximum atomic E-state index is 11.9. The summed E-state index contributed by atoms with van der Waals surface area (Å²) in [6.45, 7) is 3.57. The molecule has 1 aliphatic rings. The summed E-state index contributed by atoms with van der Waals surface area (Å²) in [7, 11) is 0. The smallest absolute Gasteiger partial charge is 0.220 e. The predicted octanol–water partition coefficient (Wildman–Crippen LogP) is 3.74. The Labute approximate surface area is 147 Å². The summed E-state index contributed by atoms with van der Waals surface area (Å²) in [6.07, 6.45) is 4.66. The van der Waals surface area contributed by atoms with Crippen molar-refractivity contribution in [2.75, 3.05) is 13.2 Å². The zero-order chi connectivity index (χ0) is 16.8. The summed E-state index contributed by atoms with van der Waals surface area (Å²) in [5, 5.41) is 6.10. The molecule has 0 radical (unpaired) electrons. The molecule has 1 atom stereocenters. The van der Waals surface area contributed by atoms with Gasteiger partial charge in [-0.3, -0.25) is 4.79 Å². The van der Waals surface area contributed by atoms with Crippen LogP contribution in [0.5, 0.6) is 0 Å². The molecule has 0 bridgehead atoms. The topological polar surface area (TPSA) is 51.2 Å². The minimum absolute atomic E-state index is 0.111. The number of aryl methyl sites for hydroxylation is 1. The van der Waals surface area contributed by atoms with Crippen LogP contribution in [0.1, 0.15) is 36.9 Å². The van der Waals surface area contributed by atoms with Crippen LogP contribution in [-0.4, -0.2) is 30.1 Å². The van der Waals surface area contributed by atoms with Gasteiger partial charge in [0.2, 0.25) is 5.91 Å². The highest BCUT2D eigenvalue weighted by Crippen LogP contribution is 2.24. The van der Waals surface area contributed by atoms with Crippen molar-refractivity contribution in [1.82, 2.24) is 10.3 Å². The third-order valence-corrected chi connectivity index (χ3v) is 5.21. The molecule has 1 aliphatic heterocycles. The van der Waals surface area contributed by atoms with Crippen molar-refractivity contribution in [3.63, 3.8) is 0 Å². The van der Waals surface area contributed by atoms with Gasteiger partial charge in [-0.25, -0.2) is 4.98 Å². The van der Waals surface area contributed by atoms with Crippen LogP contribution in [0, 0.1) is 6.92 Å². The number of benzene rings is 1. The maximum Gasteiger partial charge on any atom is 0.220 e. The average Bonchev–Trinajstić information content (AvgIpc) is 3.25. The summed E-state index contributed by atoms with van der Waals surface area (Å²) < 4.78 is 5.54. The second-order valence-corrected chi connectivity index (χ2v) is 7.14. The molecule has 0 spiro atoms. The van der Waals surface area contributed by atoms with E-state index in [-0.39, 0.29) is 12.0 Å². The predicted molar refractivity (Wildman–Crippen MR) is 97.2 cm³/mol. The second-order valence-electron chi connectivity index (χ2n) is 6.28. The van der Waals surface area contributed by atoms with Gasteiger partial charge in [-0.15, -0.1) is 11.3 Å². The molecule has 128 valence electrons. The first kappa shape index (κ1) is 17.1. The Morgan fingerprint density at radius 1 is 1.38 bits per heavy atom. The summed E-state index contributed by atoms with van der Waals surface area (Å²) in [6, 6.07) is 8.41. The fourth-order valence-electron chi connectivity index (χ4n) is 2.83. The van der Waals surface area contributed by atoms with Gasteiger partial charge in [-0.2, -0.15) is 0 Å². The van der Waals surface area contributed by atoms with Crippen molar-refractivity contribution in [2.24, 2.45) is 0 Å². The van der Waals surface area contributed by atoms with Gasteiger partial charge in [0.1, 0.15) is 5.01 Å². The van der Waals surface area contributed by atoms with Crippen LogP contribution >= 0.6 is 11.3 Å². The lowest BCUT2D eigenvalue weighted by molar-refractivity contribution is -0.121. The molecular formula is C19H24N2O2S. The Bertz CT molecular complexity index is 660. The van der Waals surface area contributed by atoms with Crippen molar-refractivity contribution in [2.45, 2.75) is 45.1 Å². The van der Waals surface area contributed by atoms with E-state index in [9.17, 15) is 4.79 Å². The Morgan fingerprint density at radius 2 is 2.21 bits per heavy atom. The number of rotatable bonds is 7. The molecule has 1 N–H and O–H groups in total. The Morgan fingerprint density at radius 3 is 2.96 bits per heavy atom. The van der Waals surface area contributed by atoms with E-state index in [1.165, 1.54) is 5.56 Å². The van der Waals surface area contributed by atoms with Crippen LogP contribution in [0.2, 0.25) is 0 Å². The van der Waals surface area contributed by atoms with Gasteiger partial charge in [-0.05, 0) is 26.2 Å². The van der Waals surface area contributed by atoms with Crippen LogP contribution in [0.25, 0.3) is 10.6 Å². The number of carbonyl (C=O) groups is 1. The van der Waals surface area contributed by atoms with Gasteiger partial charge in [0.15, 0.2) is 0 Å². The molecule has 0 aliphatic carbocycles. The molecule has 0 unspecified atom stereocenters. The van der Waals surface area contributed by atoms with E-state index in [2.05, 4.69) is 46.9 Å². The monoisotopic (exact) mass is 344 g/mol. The molecular weight excluding hydrogens is 320 g/mol. The highest BCUT2D eigenvalue weighted by molar-refractivity contribution is 7.13. The van der Waals surface area contributed by atoms with Crippen molar-refractivity contribution in [3.05, 3.63) is 40.9 Å². The Hall–Kier alpha value is -1.72. The molecule has 3 rings (SSSR count). The largest absolute Gasteiger partial charge is 0.378 e. The zero-order valence-electron chi connectivity index (χ0n) is 14.1. The molecule has 0 saturated carbocycles. The van der Waals surface area contributed by atoms with E-state index >= 15 is 0 Å². The lowest BCUT2D eigenvalue weighted by atomic mass is 10.1.